The van der Waals surface area contributed by atoms with Gasteiger partial charge in [0.25, 0.3) is 5.91 Å². The maximum absolute atomic E-state index is 11.8. The van der Waals surface area contributed by atoms with Gasteiger partial charge in [0.2, 0.25) is 0 Å². The fourth-order valence-electron chi connectivity index (χ4n) is 1.52. The minimum atomic E-state index is -0.140. The molecule has 0 saturated heterocycles. The predicted molar refractivity (Wildman–Crippen MR) is 71.3 cm³/mol. The zero-order valence-electron chi connectivity index (χ0n) is 10.8. The molecule has 0 heterocycles. The van der Waals surface area contributed by atoms with E-state index in [1.165, 1.54) is 0 Å². The van der Waals surface area contributed by atoms with Gasteiger partial charge in [-0.3, -0.25) is 4.79 Å². The van der Waals surface area contributed by atoms with Crippen LogP contribution in [0.25, 0.3) is 0 Å². The summed E-state index contributed by atoms with van der Waals surface area (Å²) in [6.45, 7) is 6.00. The molecule has 3 nitrogen and oxygen atoms in total. The number of unbranched alkanes of at least 4 members (excludes halogenated alkanes) is 1. The molecule has 0 aliphatic carbocycles. The number of nitrogens with zero attached hydrogens (tertiary/aromatic N) is 1. The van der Waals surface area contributed by atoms with E-state index in [4.69, 9.17) is 0 Å². The topological polar surface area (TPSA) is 41.5 Å². The third-order valence-corrected chi connectivity index (χ3v) is 2.63. The molecule has 0 radical (unpaired) electrons. The minimum Gasteiger partial charge on any atom is -0.267 e. The SMILES string of the molecule is CCCC/C(C)=N/NC(=O)c1ccccc1C. The fourth-order valence-corrected chi connectivity index (χ4v) is 1.52. The van der Waals surface area contributed by atoms with Gasteiger partial charge in [0.15, 0.2) is 0 Å². The summed E-state index contributed by atoms with van der Waals surface area (Å²) >= 11 is 0. The number of hydrogen-bond acceptors (Lipinski definition) is 2. The quantitative estimate of drug-likeness (QED) is 0.614. The first kappa shape index (κ1) is 13.4. The summed E-state index contributed by atoms with van der Waals surface area (Å²) in [5, 5.41) is 4.10. The van der Waals surface area contributed by atoms with Crippen molar-refractivity contribution >= 4 is 11.6 Å². The molecule has 1 amide bonds. The number of hydrazone groups is 1. The Morgan fingerprint density at radius 1 is 1.35 bits per heavy atom. The van der Waals surface area contributed by atoms with E-state index in [-0.39, 0.29) is 5.91 Å². The molecule has 0 spiro atoms. The van der Waals surface area contributed by atoms with Gasteiger partial charge in [-0.1, -0.05) is 31.5 Å². The first-order valence-corrected chi connectivity index (χ1v) is 6.04. The van der Waals surface area contributed by atoms with Gasteiger partial charge in [0.1, 0.15) is 0 Å². The van der Waals surface area contributed by atoms with Gasteiger partial charge in [0.05, 0.1) is 0 Å². The summed E-state index contributed by atoms with van der Waals surface area (Å²) in [5.74, 6) is -0.140. The predicted octanol–water partition coefficient (Wildman–Crippen LogP) is 3.29. The number of rotatable bonds is 5. The van der Waals surface area contributed by atoms with Gasteiger partial charge in [-0.2, -0.15) is 5.10 Å². The first-order valence-electron chi connectivity index (χ1n) is 6.04. The van der Waals surface area contributed by atoms with E-state index in [2.05, 4.69) is 17.5 Å². The van der Waals surface area contributed by atoms with Crippen LogP contribution in [-0.4, -0.2) is 11.6 Å². The molecule has 1 aromatic carbocycles. The molecule has 92 valence electrons. The number of nitrogens with one attached hydrogen (secondary N) is 1. The van der Waals surface area contributed by atoms with Crippen LogP contribution in [0.3, 0.4) is 0 Å². The molecule has 1 N–H and O–H groups in total. The lowest BCUT2D eigenvalue weighted by molar-refractivity contribution is 0.0954. The minimum absolute atomic E-state index is 0.140. The third kappa shape index (κ3) is 4.39. The van der Waals surface area contributed by atoms with Gasteiger partial charge in [-0.15, -0.1) is 0 Å². The van der Waals surface area contributed by atoms with Crippen LogP contribution in [-0.2, 0) is 0 Å². The lowest BCUT2D eigenvalue weighted by Gasteiger charge is -2.04. The molecular weight excluding hydrogens is 212 g/mol. The molecule has 17 heavy (non-hydrogen) atoms. The zero-order valence-corrected chi connectivity index (χ0v) is 10.8. The Bertz CT molecular complexity index is 410. The molecule has 0 unspecified atom stereocenters. The summed E-state index contributed by atoms with van der Waals surface area (Å²) < 4.78 is 0. The van der Waals surface area contributed by atoms with E-state index < -0.39 is 0 Å². The summed E-state index contributed by atoms with van der Waals surface area (Å²) in [7, 11) is 0. The van der Waals surface area contributed by atoms with Crippen LogP contribution in [0.2, 0.25) is 0 Å². The van der Waals surface area contributed by atoms with Crippen LogP contribution < -0.4 is 5.43 Å². The molecule has 0 aromatic heterocycles. The average molecular weight is 232 g/mol. The molecule has 0 fully saturated rings. The van der Waals surface area contributed by atoms with Crippen LogP contribution in [0.15, 0.2) is 29.4 Å². The summed E-state index contributed by atoms with van der Waals surface area (Å²) in [4.78, 5) is 11.8. The van der Waals surface area contributed by atoms with Crippen molar-refractivity contribution in [2.24, 2.45) is 5.10 Å². The molecule has 0 aliphatic heterocycles. The Morgan fingerprint density at radius 2 is 2.06 bits per heavy atom. The van der Waals surface area contributed by atoms with Crippen molar-refractivity contribution in [1.29, 1.82) is 0 Å². The number of carbonyl (C=O) groups is 1. The Balaban J connectivity index is 2.58. The van der Waals surface area contributed by atoms with Crippen LogP contribution >= 0.6 is 0 Å². The Hall–Kier alpha value is -1.64. The van der Waals surface area contributed by atoms with E-state index in [0.29, 0.717) is 5.56 Å². The molecule has 1 aromatic rings. The normalized spacial score (nSPS) is 11.4. The Labute approximate surface area is 103 Å². The van der Waals surface area contributed by atoms with Crippen molar-refractivity contribution < 1.29 is 4.79 Å². The lowest BCUT2D eigenvalue weighted by atomic mass is 10.1. The summed E-state index contributed by atoms with van der Waals surface area (Å²) in [6, 6.07) is 7.50. The van der Waals surface area contributed by atoms with Crippen LogP contribution in [0, 0.1) is 6.92 Å². The molecule has 0 bridgehead atoms. The number of aryl methyl sites for hydroxylation is 1. The standard InChI is InChI=1S/C14H20N2O/c1-4-5-9-12(3)15-16-14(17)13-10-7-6-8-11(13)2/h6-8,10H,4-5,9H2,1-3H3,(H,16,17)/b15-12+. The third-order valence-electron chi connectivity index (χ3n) is 2.63. The van der Waals surface area contributed by atoms with Crippen LogP contribution in [0.1, 0.15) is 49.0 Å². The molecular formula is C14H20N2O. The number of hydrogen-bond donors (Lipinski definition) is 1. The maximum Gasteiger partial charge on any atom is 0.271 e. The second-order valence-electron chi connectivity index (χ2n) is 4.21. The van der Waals surface area contributed by atoms with Crippen molar-refractivity contribution in [3.8, 4) is 0 Å². The second-order valence-corrected chi connectivity index (χ2v) is 4.21. The fraction of sp³-hybridized carbons (Fsp3) is 0.429. The monoisotopic (exact) mass is 232 g/mol. The highest BCUT2D eigenvalue weighted by molar-refractivity contribution is 5.96. The molecule has 1 rings (SSSR count). The molecule has 0 saturated carbocycles. The van der Waals surface area contributed by atoms with E-state index >= 15 is 0 Å². The highest BCUT2D eigenvalue weighted by Crippen LogP contribution is 2.06. The van der Waals surface area contributed by atoms with Gasteiger partial charge in [0, 0.05) is 11.3 Å². The number of carbonyl (C=O) groups excluding carboxylic acids is 1. The highest BCUT2D eigenvalue weighted by atomic mass is 16.2. The molecule has 0 atom stereocenters. The molecule has 3 heteroatoms. The summed E-state index contributed by atoms with van der Waals surface area (Å²) in [6.07, 6.45) is 3.18. The van der Waals surface area contributed by atoms with Gasteiger partial charge in [-0.25, -0.2) is 5.43 Å². The number of amides is 1. The zero-order chi connectivity index (χ0) is 12.7. The maximum atomic E-state index is 11.8. The van der Waals surface area contributed by atoms with Crippen molar-refractivity contribution in [3.05, 3.63) is 35.4 Å². The Kier molecular flexibility index (Phi) is 5.40. The van der Waals surface area contributed by atoms with Gasteiger partial charge >= 0.3 is 0 Å². The highest BCUT2D eigenvalue weighted by Gasteiger charge is 2.06. The van der Waals surface area contributed by atoms with Crippen LogP contribution in [0.4, 0.5) is 0 Å². The largest absolute Gasteiger partial charge is 0.271 e. The second kappa shape index (κ2) is 6.84. The first-order chi connectivity index (χ1) is 8.15. The van der Waals surface area contributed by atoms with Crippen molar-refractivity contribution in [3.63, 3.8) is 0 Å². The van der Waals surface area contributed by atoms with Crippen molar-refractivity contribution in [1.82, 2.24) is 5.43 Å². The van der Waals surface area contributed by atoms with E-state index in [0.717, 1.165) is 30.5 Å². The number of benzene rings is 1. The van der Waals surface area contributed by atoms with Gasteiger partial charge < -0.3 is 0 Å². The lowest BCUT2D eigenvalue weighted by Crippen LogP contribution is -2.20. The van der Waals surface area contributed by atoms with Gasteiger partial charge in [-0.05, 0) is 38.3 Å². The van der Waals surface area contributed by atoms with Crippen molar-refractivity contribution in [2.75, 3.05) is 0 Å². The summed E-state index contributed by atoms with van der Waals surface area (Å²) in [5.41, 5.74) is 5.21. The van der Waals surface area contributed by atoms with Crippen LogP contribution in [0.5, 0.6) is 0 Å². The smallest absolute Gasteiger partial charge is 0.267 e. The van der Waals surface area contributed by atoms with E-state index in [1.54, 1.807) is 0 Å². The molecule has 0 aliphatic rings. The average Bonchev–Trinajstić information content (AvgIpc) is 2.34. The van der Waals surface area contributed by atoms with Crippen molar-refractivity contribution in [2.45, 2.75) is 40.0 Å². The van der Waals surface area contributed by atoms with E-state index in [9.17, 15) is 4.79 Å². The Morgan fingerprint density at radius 3 is 2.71 bits per heavy atom. The van der Waals surface area contributed by atoms with E-state index in [1.807, 2.05) is 38.1 Å².